The maximum atomic E-state index is 14.3. The molecule has 0 radical (unpaired) electrons. The zero-order valence-corrected chi connectivity index (χ0v) is 35.8. The molecule has 320 valence electrons. The number of likely N-dealkylation sites (N-methyl/N-ethyl adjacent to an activating group) is 1. The van der Waals surface area contributed by atoms with Crippen LogP contribution in [0.4, 0.5) is 5.69 Å². The monoisotopic (exact) mass is 867 g/mol. The minimum absolute atomic E-state index is 0. The Bertz CT molecular complexity index is 2300. The van der Waals surface area contributed by atoms with Crippen LogP contribution in [0, 0.1) is 11.8 Å². The van der Waals surface area contributed by atoms with Gasteiger partial charge in [-0.25, -0.2) is 0 Å². The van der Waals surface area contributed by atoms with Crippen molar-refractivity contribution in [3.63, 3.8) is 0 Å². The number of anilines is 1. The Morgan fingerprint density at radius 2 is 1.33 bits per heavy atom. The van der Waals surface area contributed by atoms with Gasteiger partial charge in [0, 0.05) is 17.9 Å². The molecule has 4 aromatic rings. The molecule has 0 saturated heterocycles. The number of nitrogens with two attached hydrogens (primary N) is 1. The quantitative estimate of drug-likeness (QED) is 0.0445. The Labute approximate surface area is 361 Å². The number of hydrogen-bond donors (Lipinski definition) is 7. The van der Waals surface area contributed by atoms with Gasteiger partial charge in [0.2, 0.25) is 11.7 Å². The Morgan fingerprint density at radius 1 is 0.803 bits per heavy atom. The van der Waals surface area contributed by atoms with Gasteiger partial charge in [0.25, 0.3) is 5.91 Å². The third-order valence-electron chi connectivity index (χ3n) is 12.6. The number of aliphatic hydroxyl groups excluding tert-OH is 3. The normalized spacial score (nSPS) is 23.5. The largest absolute Gasteiger partial charge is 1.00 e. The van der Waals surface area contributed by atoms with Crippen molar-refractivity contribution in [3.05, 3.63) is 131 Å². The lowest BCUT2D eigenvalue weighted by atomic mass is 9.54. The average molecular weight is 868 g/mol. The number of amides is 2. The fraction of sp³-hybridized carbons (Fsp3) is 0.319. The Hall–Kier alpha value is -5.36. The molecule has 0 aliphatic heterocycles. The number of phenols is 1. The van der Waals surface area contributed by atoms with Gasteiger partial charge >= 0.3 is 0 Å². The van der Waals surface area contributed by atoms with Crippen molar-refractivity contribution in [2.45, 2.75) is 62.7 Å². The fourth-order valence-corrected chi connectivity index (χ4v) is 14.2. The second kappa shape index (κ2) is 17.9. The SMILES string of the molecule is C[C@H]1c2ccc(NC(=O)CCCCCC[P+](c3ccccc3)(c3ccccc3)c3ccccc3)c(O)c2C(O)=C2C(=O)[C@]3(O)C(O)=C(C(N)=O)C(=O)[C@@H](N(C)C)[C@@H]3[C@@H](O)[C@@H]21.[Cl-]. The number of hydrogen-bond acceptors (Lipinski definition) is 10. The third-order valence-corrected chi connectivity index (χ3v) is 17.2. The van der Waals surface area contributed by atoms with E-state index in [1.807, 2.05) is 18.2 Å². The highest BCUT2D eigenvalue weighted by molar-refractivity contribution is 7.95. The van der Waals surface area contributed by atoms with Gasteiger partial charge in [-0.1, -0.05) is 74.0 Å². The molecular weight excluding hydrogens is 817 g/mol. The number of halogens is 1. The molecule has 61 heavy (non-hydrogen) atoms. The van der Waals surface area contributed by atoms with Crippen LogP contribution in [0.1, 0.15) is 56.1 Å². The van der Waals surface area contributed by atoms with E-state index >= 15 is 0 Å². The number of phenolic OH excluding ortho intramolecular Hbond substituents is 1. The summed E-state index contributed by atoms with van der Waals surface area (Å²) in [5, 5.41) is 64.8. The summed E-state index contributed by atoms with van der Waals surface area (Å²) >= 11 is 0. The molecule has 3 aliphatic carbocycles. The van der Waals surface area contributed by atoms with Crippen LogP contribution in [0.15, 0.2) is 120 Å². The smallest absolute Gasteiger partial charge is 0.255 e. The van der Waals surface area contributed by atoms with Crippen LogP contribution < -0.4 is 39.4 Å². The highest BCUT2D eigenvalue weighted by Gasteiger charge is 2.68. The molecule has 4 aromatic carbocycles. The summed E-state index contributed by atoms with van der Waals surface area (Å²) in [6.07, 6.45) is 2.65. The van der Waals surface area contributed by atoms with Crippen LogP contribution in [-0.4, -0.2) is 91.8 Å². The number of rotatable bonds is 13. The van der Waals surface area contributed by atoms with E-state index in [2.05, 4.69) is 78.1 Å². The molecule has 3 aliphatic rings. The number of benzene rings is 4. The summed E-state index contributed by atoms with van der Waals surface area (Å²) in [6, 6.07) is 33.6. The highest BCUT2D eigenvalue weighted by Crippen LogP contribution is 2.58. The predicted octanol–water partition coefficient (Wildman–Crippen LogP) is 1.38. The number of fused-ring (bicyclic) bond motifs is 3. The maximum Gasteiger partial charge on any atom is 0.255 e. The second-order valence-corrected chi connectivity index (χ2v) is 19.8. The Morgan fingerprint density at radius 3 is 1.84 bits per heavy atom. The molecule has 1 fully saturated rings. The summed E-state index contributed by atoms with van der Waals surface area (Å²) in [4.78, 5) is 54.6. The lowest BCUT2D eigenvalue weighted by molar-refractivity contribution is -0.169. The van der Waals surface area contributed by atoms with Crippen molar-refractivity contribution in [3.8, 4) is 5.75 Å². The van der Waals surface area contributed by atoms with Crippen LogP contribution >= 0.6 is 7.26 Å². The first-order valence-corrected chi connectivity index (χ1v) is 22.2. The van der Waals surface area contributed by atoms with E-state index in [-0.39, 0.29) is 36.0 Å². The zero-order chi connectivity index (χ0) is 43.1. The number of nitrogens with one attached hydrogen (secondary N) is 1. The fourth-order valence-electron chi connectivity index (χ4n) is 9.80. The van der Waals surface area contributed by atoms with E-state index in [0.29, 0.717) is 12.0 Å². The minimum Gasteiger partial charge on any atom is -1.00 e. The number of carbonyl (C=O) groups is 4. The summed E-state index contributed by atoms with van der Waals surface area (Å²) in [7, 11) is 0.937. The molecule has 8 N–H and O–H groups in total. The van der Waals surface area contributed by atoms with Crippen LogP contribution in [-0.2, 0) is 19.2 Å². The topological polar surface area (TPSA) is 211 Å². The van der Waals surface area contributed by atoms with Gasteiger partial charge in [0.1, 0.15) is 46.0 Å². The van der Waals surface area contributed by atoms with Crippen molar-refractivity contribution in [2.24, 2.45) is 17.6 Å². The molecular formula is C47H51ClN3O9P. The van der Waals surface area contributed by atoms with E-state index in [9.17, 15) is 44.7 Å². The van der Waals surface area contributed by atoms with Crippen LogP contribution in [0.3, 0.4) is 0 Å². The number of aliphatic hydroxyl groups is 4. The van der Waals surface area contributed by atoms with E-state index in [0.717, 1.165) is 25.4 Å². The Balaban J connectivity index is 0.00000622. The van der Waals surface area contributed by atoms with E-state index in [4.69, 9.17) is 5.73 Å². The number of unbranched alkanes of at least 4 members (excludes halogenated alkanes) is 3. The average Bonchev–Trinajstić information content (AvgIpc) is 3.23. The van der Waals surface area contributed by atoms with Gasteiger partial charge in [-0.2, -0.15) is 0 Å². The van der Waals surface area contributed by atoms with Crippen molar-refractivity contribution in [2.75, 3.05) is 25.6 Å². The third kappa shape index (κ3) is 7.55. The van der Waals surface area contributed by atoms with E-state index in [1.165, 1.54) is 41.0 Å². The summed E-state index contributed by atoms with van der Waals surface area (Å²) < 4.78 is 0. The molecule has 0 spiro atoms. The predicted molar refractivity (Wildman–Crippen MR) is 232 cm³/mol. The van der Waals surface area contributed by atoms with Crippen molar-refractivity contribution >= 4 is 58.0 Å². The first-order chi connectivity index (χ1) is 28.7. The first-order valence-electron chi connectivity index (χ1n) is 20.2. The number of ketones is 2. The summed E-state index contributed by atoms with van der Waals surface area (Å²) in [6.45, 7) is 1.65. The molecule has 0 unspecified atom stereocenters. The van der Waals surface area contributed by atoms with Gasteiger partial charge in [-0.05, 0) is 87.3 Å². The van der Waals surface area contributed by atoms with Gasteiger partial charge in [-0.15, -0.1) is 0 Å². The van der Waals surface area contributed by atoms with Crippen LogP contribution in [0.25, 0.3) is 5.76 Å². The zero-order valence-electron chi connectivity index (χ0n) is 34.2. The van der Waals surface area contributed by atoms with E-state index in [1.54, 1.807) is 13.0 Å². The van der Waals surface area contributed by atoms with Crippen LogP contribution in [0.2, 0.25) is 0 Å². The lowest BCUT2D eigenvalue weighted by Gasteiger charge is -2.53. The lowest BCUT2D eigenvalue weighted by Crippen LogP contribution is -3.00. The molecule has 14 heteroatoms. The van der Waals surface area contributed by atoms with Crippen molar-refractivity contribution in [1.29, 1.82) is 0 Å². The summed E-state index contributed by atoms with van der Waals surface area (Å²) in [5.41, 5.74) is 1.05. The number of primary amides is 1. The van der Waals surface area contributed by atoms with Gasteiger partial charge in [-0.3, -0.25) is 24.1 Å². The highest BCUT2D eigenvalue weighted by atomic mass is 35.5. The molecule has 12 nitrogen and oxygen atoms in total. The number of Topliss-reactive ketones (excluding diaryl/α,β-unsaturated/α-hetero) is 2. The standard InChI is InChI=1S/C47H50N3O9P.ClH/c1-27-31-24-25-32(40(52)35(31)41(53)36-34(27)42(54)38-39(50(2)3)43(55)37(46(48)58)45(57)47(38,59)44(36)56)49-33(51)23-15-4-5-16-26-60(28-17-9-6-10-18-28,29-19-11-7-12-20-29)30-21-13-8-14-22-30;/h6-14,17-22,24-25,27,34,38-39,42,54,59H,4-5,15-16,23,26H2,1-3H3,(H5-,48,49,51,52,53,55,56,57,58);1H/t27-,34+,38+,39-,42-,47-;/m0./s1. The van der Waals surface area contributed by atoms with Crippen molar-refractivity contribution in [1.82, 2.24) is 4.90 Å². The molecule has 0 bridgehead atoms. The Kier molecular flexibility index (Phi) is 13.3. The molecule has 1 saturated carbocycles. The first kappa shape index (κ1) is 45.2. The number of nitrogens with zero attached hydrogens (tertiary/aromatic N) is 1. The molecule has 2 amide bonds. The van der Waals surface area contributed by atoms with E-state index < -0.39 is 88.7 Å². The molecule has 6 atom stereocenters. The molecule has 0 aromatic heterocycles. The maximum absolute atomic E-state index is 14.3. The number of aromatic hydroxyl groups is 1. The second-order valence-electron chi connectivity index (χ2n) is 16.2. The molecule has 7 rings (SSSR count). The van der Waals surface area contributed by atoms with Crippen molar-refractivity contribution < 1.29 is 57.1 Å². The van der Waals surface area contributed by atoms with Gasteiger partial charge < -0.3 is 49.0 Å². The molecule has 0 heterocycles. The number of carbonyl (C=O) groups excluding carboxylic acids is 4. The van der Waals surface area contributed by atoms with Gasteiger partial charge in [0.05, 0.1) is 35.5 Å². The minimum atomic E-state index is -3.01. The summed E-state index contributed by atoms with van der Waals surface area (Å²) in [5.74, 6) is -10.2. The van der Waals surface area contributed by atoms with Crippen LogP contribution in [0.5, 0.6) is 5.75 Å². The van der Waals surface area contributed by atoms with Gasteiger partial charge in [0.15, 0.2) is 11.4 Å².